The van der Waals surface area contributed by atoms with Gasteiger partial charge >= 0.3 is 11.9 Å². The number of aliphatic carboxylic acids is 1. The Morgan fingerprint density at radius 2 is 1.95 bits per heavy atom. The van der Waals surface area contributed by atoms with Crippen molar-refractivity contribution in [3.8, 4) is 0 Å². The quantitative estimate of drug-likeness (QED) is 0.472. The summed E-state index contributed by atoms with van der Waals surface area (Å²) >= 11 is 0. The van der Waals surface area contributed by atoms with Gasteiger partial charge in [-0.1, -0.05) is 36.9 Å². The van der Waals surface area contributed by atoms with Crippen LogP contribution in [-0.4, -0.2) is 23.7 Å². The number of hydrogen-bond donors (Lipinski definition) is 1. The normalized spacial score (nSPS) is 10.9. The fourth-order valence-electron chi connectivity index (χ4n) is 1.59. The molecule has 0 amide bonds. The van der Waals surface area contributed by atoms with Crippen molar-refractivity contribution < 1.29 is 19.4 Å². The number of ether oxygens (including phenoxy) is 1. The molecule has 0 saturated carbocycles. The van der Waals surface area contributed by atoms with Crippen molar-refractivity contribution in [3.63, 3.8) is 0 Å². The maximum absolute atomic E-state index is 11.8. The van der Waals surface area contributed by atoms with Gasteiger partial charge in [-0.05, 0) is 30.9 Å². The molecular formula is C16H18O4. The molecule has 0 saturated heterocycles. The van der Waals surface area contributed by atoms with Gasteiger partial charge in [-0.3, -0.25) is 0 Å². The Labute approximate surface area is 118 Å². The smallest absolute Gasteiger partial charge is 0.334 e. The molecule has 4 heteroatoms. The summed E-state index contributed by atoms with van der Waals surface area (Å²) in [5, 5.41) is 8.81. The first-order chi connectivity index (χ1) is 9.49. The van der Waals surface area contributed by atoms with Crippen molar-refractivity contribution >= 4 is 11.9 Å². The van der Waals surface area contributed by atoms with E-state index in [-0.39, 0.29) is 12.2 Å². The van der Waals surface area contributed by atoms with Crippen molar-refractivity contribution in [1.82, 2.24) is 0 Å². The Hall–Kier alpha value is -2.36. The molecule has 0 aromatic heterocycles. The molecule has 1 aromatic carbocycles. The zero-order valence-electron chi connectivity index (χ0n) is 11.5. The molecule has 0 aliphatic carbocycles. The highest BCUT2D eigenvalue weighted by Gasteiger charge is 2.13. The molecule has 20 heavy (non-hydrogen) atoms. The second kappa shape index (κ2) is 7.94. The monoisotopic (exact) mass is 274 g/mol. The number of aryl methyl sites for hydroxylation is 1. The van der Waals surface area contributed by atoms with Crippen LogP contribution in [0.25, 0.3) is 0 Å². The molecule has 0 radical (unpaired) electrons. The standard InChI is InChI=1S/C16H18O4/c1-12(2)11-20-16(19)14(10-15(17)18)9-8-13-6-4-3-5-7-13/h3-7,10H,1,8-9,11H2,2H3,(H,17,18). The van der Waals surface area contributed by atoms with E-state index in [1.165, 1.54) is 0 Å². The summed E-state index contributed by atoms with van der Waals surface area (Å²) in [6, 6.07) is 9.55. The van der Waals surface area contributed by atoms with Crippen LogP contribution in [0, 0.1) is 0 Å². The van der Waals surface area contributed by atoms with Gasteiger partial charge < -0.3 is 9.84 Å². The lowest BCUT2D eigenvalue weighted by molar-refractivity contribution is -0.139. The molecule has 0 unspecified atom stereocenters. The number of esters is 1. The van der Waals surface area contributed by atoms with Gasteiger partial charge in [0.05, 0.1) is 0 Å². The van der Waals surface area contributed by atoms with Crippen LogP contribution < -0.4 is 0 Å². The molecular weight excluding hydrogens is 256 g/mol. The van der Waals surface area contributed by atoms with Gasteiger partial charge in [0.2, 0.25) is 0 Å². The fraction of sp³-hybridized carbons (Fsp3) is 0.250. The largest absolute Gasteiger partial charge is 0.478 e. The highest BCUT2D eigenvalue weighted by Crippen LogP contribution is 2.11. The van der Waals surface area contributed by atoms with E-state index in [9.17, 15) is 9.59 Å². The van der Waals surface area contributed by atoms with Gasteiger partial charge in [0.25, 0.3) is 0 Å². The molecule has 0 bridgehead atoms. The van der Waals surface area contributed by atoms with E-state index in [1.807, 2.05) is 30.3 Å². The first-order valence-corrected chi connectivity index (χ1v) is 6.28. The van der Waals surface area contributed by atoms with Crippen LogP contribution in [0.2, 0.25) is 0 Å². The molecule has 1 aromatic rings. The van der Waals surface area contributed by atoms with Crippen LogP contribution in [0.4, 0.5) is 0 Å². The lowest BCUT2D eigenvalue weighted by Crippen LogP contribution is -2.12. The lowest BCUT2D eigenvalue weighted by atomic mass is 10.0. The van der Waals surface area contributed by atoms with Gasteiger partial charge in [0.15, 0.2) is 0 Å². The first-order valence-electron chi connectivity index (χ1n) is 6.28. The molecule has 0 spiro atoms. The maximum atomic E-state index is 11.8. The number of carboxylic acid groups (broad SMARTS) is 1. The van der Waals surface area contributed by atoms with E-state index in [2.05, 4.69) is 6.58 Å². The van der Waals surface area contributed by atoms with Gasteiger partial charge in [-0.15, -0.1) is 0 Å². The van der Waals surface area contributed by atoms with Gasteiger partial charge in [-0.2, -0.15) is 0 Å². The van der Waals surface area contributed by atoms with E-state index in [0.29, 0.717) is 18.4 Å². The molecule has 4 nitrogen and oxygen atoms in total. The Morgan fingerprint density at radius 1 is 1.30 bits per heavy atom. The summed E-state index contributed by atoms with van der Waals surface area (Å²) in [5.74, 6) is -1.76. The second-order valence-corrected chi connectivity index (χ2v) is 4.53. The number of hydrogen-bond acceptors (Lipinski definition) is 3. The Balaban J connectivity index is 2.68. The minimum Gasteiger partial charge on any atom is -0.478 e. The third kappa shape index (κ3) is 6.00. The summed E-state index contributed by atoms with van der Waals surface area (Å²) in [5.41, 5.74) is 1.90. The summed E-state index contributed by atoms with van der Waals surface area (Å²) in [6.07, 6.45) is 1.82. The van der Waals surface area contributed by atoms with Crippen LogP contribution in [0.1, 0.15) is 18.9 Å². The van der Waals surface area contributed by atoms with E-state index in [1.54, 1.807) is 6.92 Å². The van der Waals surface area contributed by atoms with E-state index in [0.717, 1.165) is 11.6 Å². The zero-order chi connectivity index (χ0) is 15.0. The van der Waals surface area contributed by atoms with Crippen LogP contribution in [0.5, 0.6) is 0 Å². The lowest BCUT2D eigenvalue weighted by Gasteiger charge is -2.08. The Bertz CT molecular complexity index is 515. The van der Waals surface area contributed by atoms with Gasteiger partial charge in [0.1, 0.15) is 6.61 Å². The number of carbonyl (C=O) groups is 2. The minimum atomic E-state index is -1.15. The van der Waals surface area contributed by atoms with Crippen molar-refractivity contribution in [1.29, 1.82) is 0 Å². The third-order valence-corrected chi connectivity index (χ3v) is 2.54. The average Bonchev–Trinajstić information content (AvgIpc) is 2.41. The molecule has 106 valence electrons. The highest BCUT2D eigenvalue weighted by atomic mass is 16.5. The third-order valence-electron chi connectivity index (χ3n) is 2.54. The number of rotatable bonds is 7. The summed E-state index contributed by atoms with van der Waals surface area (Å²) < 4.78 is 4.98. The highest BCUT2D eigenvalue weighted by molar-refractivity contribution is 5.95. The first kappa shape index (κ1) is 15.7. The van der Waals surface area contributed by atoms with E-state index < -0.39 is 11.9 Å². The molecule has 0 aliphatic heterocycles. The summed E-state index contributed by atoms with van der Waals surface area (Å²) in [6.45, 7) is 5.46. The maximum Gasteiger partial charge on any atom is 0.334 e. The molecule has 0 heterocycles. The summed E-state index contributed by atoms with van der Waals surface area (Å²) in [7, 11) is 0. The van der Waals surface area contributed by atoms with Crippen molar-refractivity contribution in [3.05, 3.63) is 59.7 Å². The van der Waals surface area contributed by atoms with Crippen molar-refractivity contribution in [2.45, 2.75) is 19.8 Å². The zero-order valence-corrected chi connectivity index (χ0v) is 11.5. The van der Waals surface area contributed by atoms with Crippen LogP contribution in [0.3, 0.4) is 0 Å². The minimum absolute atomic E-state index is 0.0983. The molecule has 0 fully saturated rings. The molecule has 1 N–H and O–H groups in total. The van der Waals surface area contributed by atoms with Gasteiger partial charge in [-0.25, -0.2) is 9.59 Å². The predicted molar refractivity (Wildman–Crippen MR) is 76.3 cm³/mol. The molecule has 1 rings (SSSR count). The van der Waals surface area contributed by atoms with Crippen molar-refractivity contribution in [2.24, 2.45) is 0 Å². The topological polar surface area (TPSA) is 63.6 Å². The number of benzene rings is 1. The Kier molecular flexibility index (Phi) is 6.23. The van der Waals surface area contributed by atoms with E-state index >= 15 is 0 Å². The number of carbonyl (C=O) groups excluding carboxylic acids is 1. The SMILES string of the molecule is C=C(C)COC(=O)C(=CC(=O)O)CCc1ccccc1. The van der Waals surface area contributed by atoms with Crippen molar-refractivity contribution in [2.75, 3.05) is 6.61 Å². The Morgan fingerprint density at radius 3 is 2.50 bits per heavy atom. The second-order valence-electron chi connectivity index (χ2n) is 4.53. The van der Waals surface area contributed by atoms with Crippen LogP contribution in [-0.2, 0) is 20.7 Å². The average molecular weight is 274 g/mol. The molecule has 0 aliphatic rings. The van der Waals surface area contributed by atoms with Gasteiger partial charge in [0, 0.05) is 11.6 Å². The fourth-order valence-corrected chi connectivity index (χ4v) is 1.59. The summed E-state index contributed by atoms with van der Waals surface area (Å²) in [4.78, 5) is 22.6. The molecule has 0 atom stereocenters. The predicted octanol–water partition coefficient (Wildman–Crippen LogP) is 2.75. The van der Waals surface area contributed by atoms with Crippen LogP contribution >= 0.6 is 0 Å². The van der Waals surface area contributed by atoms with E-state index in [4.69, 9.17) is 9.84 Å². The van der Waals surface area contributed by atoms with Crippen LogP contribution in [0.15, 0.2) is 54.1 Å². The number of carboxylic acids is 1.